The van der Waals surface area contributed by atoms with Crippen LogP contribution in [0.25, 0.3) is 0 Å². The summed E-state index contributed by atoms with van der Waals surface area (Å²) in [5.74, 6) is 1.04. The number of nitrogens with zero attached hydrogens (tertiary/aromatic N) is 1. The molecule has 0 saturated heterocycles. The lowest BCUT2D eigenvalue weighted by Crippen LogP contribution is -2.29. The number of nitrogens with one attached hydrogen (secondary N) is 1. The Kier molecular flexibility index (Phi) is 3.70. The Bertz CT molecular complexity index is 610. The molecule has 20 heavy (non-hydrogen) atoms. The molecule has 1 aromatic heterocycles. The van der Waals surface area contributed by atoms with Crippen LogP contribution in [0, 0.1) is 13.8 Å². The Morgan fingerprint density at radius 2 is 2.20 bits per heavy atom. The summed E-state index contributed by atoms with van der Waals surface area (Å²) in [6.45, 7) is 5.95. The molecule has 3 nitrogen and oxygen atoms in total. The van der Waals surface area contributed by atoms with Crippen LogP contribution in [0.1, 0.15) is 22.3 Å². The van der Waals surface area contributed by atoms with Crippen molar-refractivity contribution in [1.82, 2.24) is 10.3 Å². The molecule has 0 spiro atoms. The lowest BCUT2D eigenvalue weighted by molar-refractivity contribution is 0.227. The number of ether oxygens (including phenoxy) is 1. The number of fused-ring (bicyclic) bond motifs is 1. The number of hydrogen-bond acceptors (Lipinski definition) is 3. The fourth-order valence-electron chi connectivity index (χ4n) is 2.63. The third-order valence-electron chi connectivity index (χ3n) is 3.78. The van der Waals surface area contributed by atoms with E-state index in [2.05, 4.69) is 48.4 Å². The zero-order chi connectivity index (χ0) is 13.9. The normalized spacial score (nSPS) is 16.8. The Morgan fingerprint density at radius 1 is 1.30 bits per heavy atom. The van der Waals surface area contributed by atoms with Gasteiger partial charge in [-0.1, -0.05) is 17.7 Å². The highest BCUT2D eigenvalue weighted by Crippen LogP contribution is 2.29. The van der Waals surface area contributed by atoms with Crippen molar-refractivity contribution in [2.75, 3.05) is 6.54 Å². The van der Waals surface area contributed by atoms with Gasteiger partial charge in [0, 0.05) is 31.9 Å². The first-order chi connectivity index (χ1) is 9.72. The molecule has 104 valence electrons. The Hall–Kier alpha value is -1.87. The van der Waals surface area contributed by atoms with E-state index in [0.717, 1.165) is 25.3 Å². The Balaban J connectivity index is 1.53. The maximum Gasteiger partial charge on any atom is 0.123 e. The summed E-state index contributed by atoms with van der Waals surface area (Å²) < 4.78 is 5.96. The first-order valence-corrected chi connectivity index (χ1v) is 7.09. The van der Waals surface area contributed by atoms with Crippen molar-refractivity contribution in [3.05, 3.63) is 58.9 Å². The highest BCUT2D eigenvalue weighted by molar-refractivity contribution is 5.40. The molecule has 1 aliphatic heterocycles. The fraction of sp³-hybridized carbons (Fsp3) is 0.353. The minimum absolute atomic E-state index is 0.244. The molecule has 0 aliphatic carbocycles. The lowest BCUT2D eigenvalue weighted by Gasteiger charge is -2.12. The van der Waals surface area contributed by atoms with Crippen molar-refractivity contribution in [2.24, 2.45) is 0 Å². The van der Waals surface area contributed by atoms with Crippen molar-refractivity contribution >= 4 is 0 Å². The average Bonchev–Trinajstić information content (AvgIpc) is 2.83. The van der Waals surface area contributed by atoms with E-state index in [4.69, 9.17) is 4.74 Å². The van der Waals surface area contributed by atoms with E-state index in [1.165, 1.54) is 22.3 Å². The van der Waals surface area contributed by atoms with Crippen LogP contribution in [-0.2, 0) is 13.0 Å². The average molecular weight is 268 g/mol. The van der Waals surface area contributed by atoms with E-state index in [1.807, 2.05) is 12.4 Å². The molecular formula is C17H20N2O. The molecule has 1 aromatic carbocycles. The van der Waals surface area contributed by atoms with Crippen LogP contribution in [0.15, 0.2) is 36.7 Å². The van der Waals surface area contributed by atoms with Crippen molar-refractivity contribution in [2.45, 2.75) is 32.9 Å². The number of pyridine rings is 1. The van der Waals surface area contributed by atoms with Gasteiger partial charge in [-0.05, 0) is 42.7 Å². The maximum atomic E-state index is 5.96. The van der Waals surface area contributed by atoms with Crippen LogP contribution in [0.3, 0.4) is 0 Å². The second-order valence-corrected chi connectivity index (χ2v) is 5.49. The maximum absolute atomic E-state index is 5.96. The molecule has 1 atom stereocenters. The monoisotopic (exact) mass is 268 g/mol. The molecule has 0 bridgehead atoms. The van der Waals surface area contributed by atoms with Crippen LogP contribution in [-0.4, -0.2) is 17.6 Å². The molecule has 0 saturated carbocycles. The second kappa shape index (κ2) is 5.63. The van der Waals surface area contributed by atoms with Gasteiger partial charge in [0.05, 0.1) is 0 Å². The van der Waals surface area contributed by atoms with Gasteiger partial charge < -0.3 is 10.1 Å². The van der Waals surface area contributed by atoms with Crippen LogP contribution in [0.2, 0.25) is 0 Å². The summed E-state index contributed by atoms with van der Waals surface area (Å²) >= 11 is 0. The lowest BCUT2D eigenvalue weighted by atomic mass is 10.1. The molecule has 2 heterocycles. The quantitative estimate of drug-likeness (QED) is 0.926. The summed E-state index contributed by atoms with van der Waals surface area (Å²) in [4.78, 5) is 4.11. The van der Waals surface area contributed by atoms with Crippen molar-refractivity contribution in [3.63, 3.8) is 0 Å². The summed E-state index contributed by atoms with van der Waals surface area (Å²) in [6.07, 6.45) is 4.99. The van der Waals surface area contributed by atoms with Gasteiger partial charge in [0.2, 0.25) is 0 Å². The van der Waals surface area contributed by atoms with E-state index in [0.29, 0.717) is 0 Å². The predicted molar refractivity (Wildman–Crippen MR) is 80.0 cm³/mol. The molecule has 0 fully saturated rings. The summed E-state index contributed by atoms with van der Waals surface area (Å²) in [6, 6.07) is 8.48. The highest BCUT2D eigenvalue weighted by Gasteiger charge is 2.22. The summed E-state index contributed by atoms with van der Waals surface area (Å²) in [7, 11) is 0. The number of rotatable bonds is 4. The van der Waals surface area contributed by atoms with Gasteiger partial charge in [-0.3, -0.25) is 4.98 Å². The Labute approximate surface area is 120 Å². The van der Waals surface area contributed by atoms with Crippen molar-refractivity contribution < 1.29 is 4.74 Å². The van der Waals surface area contributed by atoms with Gasteiger partial charge in [0.25, 0.3) is 0 Å². The van der Waals surface area contributed by atoms with E-state index >= 15 is 0 Å². The SMILES string of the molecule is Cc1ccc2c(c1)CC(CNCc1ccncc1C)O2. The van der Waals surface area contributed by atoms with Gasteiger partial charge in [-0.2, -0.15) is 0 Å². The number of aryl methyl sites for hydroxylation is 2. The standard InChI is InChI=1S/C17H20N2O/c1-12-3-4-17-15(7-12)8-16(20-17)11-19-10-14-5-6-18-9-13(14)2/h3-7,9,16,19H,8,10-11H2,1-2H3. The second-order valence-electron chi connectivity index (χ2n) is 5.49. The molecule has 3 rings (SSSR count). The smallest absolute Gasteiger partial charge is 0.123 e. The number of benzene rings is 1. The molecule has 2 aromatic rings. The molecule has 1 aliphatic rings. The summed E-state index contributed by atoms with van der Waals surface area (Å²) in [5, 5.41) is 3.48. The highest BCUT2D eigenvalue weighted by atomic mass is 16.5. The molecule has 1 N–H and O–H groups in total. The largest absolute Gasteiger partial charge is 0.488 e. The van der Waals surface area contributed by atoms with E-state index < -0.39 is 0 Å². The zero-order valence-electron chi connectivity index (χ0n) is 12.0. The zero-order valence-corrected chi connectivity index (χ0v) is 12.0. The predicted octanol–water partition coefficient (Wildman–Crippen LogP) is 2.79. The van der Waals surface area contributed by atoms with Crippen LogP contribution in [0.5, 0.6) is 5.75 Å². The Morgan fingerprint density at radius 3 is 3.05 bits per heavy atom. The minimum atomic E-state index is 0.244. The molecular weight excluding hydrogens is 248 g/mol. The molecule has 0 amide bonds. The fourth-order valence-corrected chi connectivity index (χ4v) is 2.63. The first-order valence-electron chi connectivity index (χ1n) is 7.09. The van der Waals surface area contributed by atoms with E-state index in [1.54, 1.807) is 0 Å². The van der Waals surface area contributed by atoms with Gasteiger partial charge in [-0.15, -0.1) is 0 Å². The van der Waals surface area contributed by atoms with Crippen molar-refractivity contribution in [1.29, 1.82) is 0 Å². The van der Waals surface area contributed by atoms with Gasteiger partial charge >= 0.3 is 0 Å². The topological polar surface area (TPSA) is 34.2 Å². The van der Waals surface area contributed by atoms with Gasteiger partial charge in [0.15, 0.2) is 0 Å². The third kappa shape index (κ3) is 2.83. The summed E-state index contributed by atoms with van der Waals surface area (Å²) in [5.41, 5.74) is 5.16. The van der Waals surface area contributed by atoms with Crippen molar-refractivity contribution in [3.8, 4) is 5.75 Å². The van der Waals surface area contributed by atoms with E-state index in [-0.39, 0.29) is 6.10 Å². The minimum Gasteiger partial charge on any atom is -0.488 e. The van der Waals surface area contributed by atoms with Crippen LogP contribution < -0.4 is 10.1 Å². The van der Waals surface area contributed by atoms with Gasteiger partial charge in [-0.25, -0.2) is 0 Å². The number of hydrogen-bond donors (Lipinski definition) is 1. The number of aromatic nitrogens is 1. The van der Waals surface area contributed by atoms with Gasteiger partial charge in [0.1, 0.15) is 11.9 Å². The molecule has 1 unspecified atom stereocenters. The molecule has 0 radical (unpaired) electrons. The third-order valence-corrected chi connectivity index (χ3v) is 3.78. The van der Waals surface area contributed by atoms with Crippen LogP contribution in [0.4, 0.5) is 0 Å². The first kappa shape index (κ1) is 13.1. The molecule has 3 heteroatoms. The van der Waals surface area contributed by atoms with E-state index in [9.17, 15) is 0 Å². The van der Waals surface area contributed by atoms with Crippen LogP contribution >= 0.6 is 0 Å².